The largest absolute Gasteiger partial charge is 0.392 e. The number of nitrogens with zero attached hydrogens (tertiary/aromatic N) is 1. The Labute approximate surface area is 87.3 Å². The van der Waals surface area contributed by atoms with E-state index in [4.69, 9.17) is 0 Å². The van der Waals surface area contributed by atoms with E-state index in [-0.39, 0.29) is 6.10 Å². The van der Waals surface area contributed by atoms with Crippen LogP contribution in [0.2, 0.25) is 0 Å². The van der Waals surface area contributed by atoms with Crippen molar-refractivity contribution >= 4 is 0 Å². The van der Waals surface area contributed by atoms with Gasteiger partial charge in [0, 0.05) is 19.6 Å². The van der Waals surface area contributed by atoms with Crippen LogP contribution >= 0.6 is 0 Å². The van der Waals surface area contributed by atoms with Crippen LogP contribution in [0.3, 0.4) is 0 Å². The minimum atomic E-state index is -0.0844. The summed E-state index contributed by atoms with van der Waals surface area (Å²) in [4.78, 5) is 2.48. The molecule has 1 aliphatic carbocycles. The molecule has 0 spiro atoms. The predicted octanol–water partition coefficient (Wildman–Crippen LogP) is 1.88. The summed E-state index contributed by atoms with van der Waals surface area (Å²) in [5.74, 6) is 1.92. The van der Waals surface area contributed by atoms with E-state index < -0.39 is 0 Å². The van der Waals surface area contributed by atoms with Crippen LogP contribution in [0.15, 0.2) is 0 Å². The molecule has 1 heterocycles. The highest BCUT2D eigenvalue weighted by atomic mass is 16.3. The van der Waals surface area contributed by atoms with Gasteiger partial charge in [0.15, 0.2) is 0 Å². The van der Waals surface area contributed by atoms with E-state index in [0.29, 0.717) is 0 Å². The van der Waals surface area contributed by atoms with Crippen LogP contribution in [0.4, 0.5) is 0 Å². The van der Waals surface area contributed by atoms with Gasteiger partial charge in [0.1, 0.15) is 0 Å². The molecule has 0 aromatic heterocycles. The summed E-state index contributed by atoms with van der Waals surface area (Å²) >= 11 is 0. The summed E-state index contributed by atoms with van der Waals surface area (Å²) < 4.78 is 0. The van der Waals surface area contributed by atoms with Crippen molar-refractivity contribution in [2.45, 2.75) is 45.1 Å². The van der Waals surface area contributed by atoms with Crippen LogP contribution in [0.5, 0.6) is 0 Å². The highest BCUT2D eigenvalue weighted by Gasteiger charge is 2.36. The standard InChI is InChI=1S/C12H23NO/c1-2-4-12(14)9-13-7-10-5-3-6-11(10)8-13/h10-12,14H,2-9H2,1H3. The quantitative estimate of drug-likeness (QED) is 0.744. The molecule has 1 aliphatic heterocycles. The van der Waals surface area contributed by atoms with Gasteiger partial charge < -0.3 is 10.0 Å². The highest BCUT2D eigenvalue weighted by Crippen LogP contribution is 2.37. The van der Waals surface area contributed by atoms with Gasteiger partial charge in [-0.3, -0.25) is 0 Å². The molecule has 14 heavy (non-hydrogen) atoms. The van der Waals surface area contributed by atoms with Crippen molar-refractivity contribution in [1.29, 1.82) is 0 Å². The van der Waals surface area contributed by atoms with Crippen LogP contribution in [-0.4, -0.2) is 35.7 Å². The maximum absolute atomic E-state index is 9.73. The molecule has 0 bridgehead atoms. The molecule has 3 unspecified atom stereocenters. The molecular formula is C12H23NO. The SMILES string of the molecule is CCCC(O)CN1CC2CCCC2C1. The van der Waals surface area contributed by atoms with E-state index in [1.54, 1.807) is 0 Å². The summed E-state index contributed by atoms with van der Waals surface area (Å²) in [6, 6.07) is 0. The average Bonchev–Trinajstić information content (AvgIpc) is 2.63. The summed E-state index contributed by atoms with van der Waals surface area (Å²) in [5.41, 5.74) is 0. The summed E-state index contributed by atoms with van der Waals surface area (Å²) in [7, 11) is 0. The molecule has 82 valence electrons. The highest BCUT2D eigenvalue weighted by molar-refractivity contribution is 4.88. The first-order valence-corrected chi connectivity index (χ1v) is 6.20. The molecule has 1 saturated heterocycles. The van der Waals surface area contributed by atoms with E-state index >= 15 is 0 Å². The van der Waals surface area contributed by atoms with Gasteiger partial charge >= 0.3 is 0 Å². The first-order valence-electron chi connectivity index (χ1n) is 6.20. The molecule has 0 aromatic carbocycles. The van der Waals surface area contributed by atoms with Crippen LogP contribution in [-0.2, 0) is 0 Å². The average molecular weight is 197 g/mol. The zero-order valence-electron chi connectivity index (χ0n) is 9.28. The molecule has 2 rings (SSSR count). The maximum Gasteiger partial charge on any atom is 0.0667 e. The number of hydrogen-bond acceptors (Lipinski definition) is 2. The fourth-order valence-corrected chi connectivity index (χ4v) is 3.20. The van der Waals surface area contributed by atoms with Crippen molar-refractivity contribution < 1.29 is 5.11 Å². The zero-order valence-corrected chi connectivity index (χ0v) is 9.28. The lowest BCUT2D eigenvalue weighted by molar-refractivity contribution is 0.112. The topological polar surface area (TPSA) is 23.5 Å². The fourth-order valence-electron chi connectivity index (χ4n) is 3.20. The molecule has 0 aromatic rings. The Hall–Kier alpha value is -0.0800. The van der Waals surface area contributed by atoms with Crippen LogP contribution in [0, 0.1) is 11.8 Å². The second-order valence-electron chi connectivity index (χ2n) is 5.11. The minimum Gasteiger partial charge on any atom is -0.392 e. The second-order valence-corrected chi connectivity index (χ2v) is 5.11. The first kappa shape index (κ1) is 10.4. The lowest BCUT2D eigenvalue weighted by Gasteiger charge is -2.20. The number of rotatable bonds is 4. The Morgan fingerprint density at radius 2 is 1.93 bits per heavy atom. The number of hydrogen-bond donors (Lipinski definition) is 1. The zero-order chi connectivity index (χ0) is 9.97. The van der Waals surface area contributed by atoms with Crippen LogP contribution in [0.25, 0.3) is 0 Å². The van der Waals surface area contributed by atoms with E-state index in [9.17, 15) is 5.11 Å². The lowest BCUT2D eigenvalue weighted by Crippen LogP contribution is -2.31. The summed E-state index contributed by atoms with van der Waals surface area (Å²) in [6.45, 7) is 5.57. The minimum absolute atomic E-state index is 0.0844. The van der Waals surface area contributed by atoms with Gasteiger partial charge in [-0.05, 0) is 31.1 Å². The third kappa shape index (κ3) is 2.29. The number of aliphatic hydroxyl groups excluding tert-OH is 1. The Morgan fingerprint density at radius 1 is 1.29 bits per heavy atom. The van der Waals surface area contributed by atoms with Gasteiger partial charge in [-0.2, -0.15) is 0 Å². The molecule has 2 aliphatic rings. The summed E-state index contributed by atoms with van der Waals surface area (Å²) in [6.07, 6.45) is 6.30. The van der Waals surface area contributed by atoms with E-state index in [1.165, 1.54) is 32.4 Å². The third-order valence-electron chi connectivity index (χ3n) is 3.89. The molecule has 1 saturated carbocycles. The molecular weight excluding hydrogens is 174 g/mol. The van der Waals surface area contributed by atoms with Gasteiger partial charge in [0.05, 0.1) is 6.10 Å². The third-order valence-corrected chi connectivity index (χ3v) is 3.89. The molecule has 2 nitrogen and oxygen atoms in total. The molecule has 3 atom stereocenters. The Balaban J connectivity index is 1.73. The molecule has 1 N–H and O–H groups in total. The first-order chi connectivity index (χ1) is 6.79. The Kier molecular flexibility index (Phi) is 3.45. The predicted molar refractivity (Wildman–Crippen MR) is 58.2 cm³/mol. The Bertz CT molecular complexity index is 171. The van der Waals surface area contributed by atoms with Crippen molar-refractivity contribution in [3.05, 3.63) is 0 Å². The van der Waals surface area contributed by atoms with Crippen molar-refractivity contribution in [1.82, 2.24) is 4.90 Å². The smallest absolute Gasteiger partial charge is 0.0667 e. The van der Waals surface area contributed by atoms with E-state index in [1.807, 2.05) is 0 Å². The molecule has 0 radical (unpaired) electrons. The maximum atomic E-state index is 9.73. The number of aliphatic hydroxyl groups is 1. The van der Waals surface area contributed by atoms with Gasteiger partial charge in [-0.25, -0.2) is 0 Å². The van der Waals surface area contributed by atoms with Gasteiger partial charge in [0.2, 0.25) is 0 Å². The molecule has 2 heteroatoms. The van der Waals surface area contributed by atoms with Crippen LogP contribution in [0.1, 0.15) is 39.0 Å². The number of β-amino-alcohol motifs (C(OH)–C–C–N with tert-alkyl or cyclic N) is 1. The van der Waals surface area contributed by atoms with Crippen molar-refractivity contribution in [2.24, 2.45) is 11.8 Å². The molecule has 0 amide bonds. The van der Waals surface area contributed by atoms with Crippen LogP contribution < -0.4 is 0 Å². The van der Waals surface area contributed by atoms with Gasteiger partial charge in [0.25, 0.3) is 0 Å². The molecule has 2 fully saturated rings. The Morgan fingerprint density at radius 3 is 2.50 bits per heavy atom. The van der Waals surface area contributed by atoms with Gasteiger partial charge in [-0.1, -0.05) is 19.8 Å². The van der Waals surface area contributed by atoms with E-state index in [2.05, 4.69) is 11.8 Å². The number of fused-ring (bicyclic) bond motifs is 1. The number of likely N-dealkylation sites (tertiary alicyclic amines) is 1. The normalized spacial score (nSPS) is 34.7. The van der Waals surface area contributed by atoms with Crippen molar-refractivity contribution in [3.63, 3.8) is 0 Å². The van der Waals surface area contributed by atoms with E-state index in [0.717, 1.165) is 31.2 Å². The van der Waals surface area contributed by atoms with Crippen molar-refractivity contribution in [3.8, 4) is 0 Å². The van der Waals surface area contributed by atoms with Crippen molar-refractivity contribution in [2.75, 3.05) is 19.6 Å². The lowest BCUT2D eigenvalue weighted by atomic mass is 10.0. The second kappa shape index (κ2) is 4.63. The monoisotopic (exact) mass is 197 g/mol. The summed E-state index contributed by atoms with van der Waals surface area (Å²) in [5, 5.41) is 9.73. The van der Waals surface area contributed by atoms with Gasteiger partial charge in [-0.15, -0.1) is 0 Å². The fraction of sp³-hybridized carbons (Fsp3) is 1.00.